The molecule has 3 nitrogen and oxygen atoms in total. The van der Waals surface area contributed by atoms with Crippen LogP contribution < -0.4 is 5.32 Å². The normalized spacial score (nSPS) is 10.4. The zero-order chi connectivity index (χ0) is 14.9. The van der Waals surface area contributed by atoms with Gasteiger partial charge in [0.25, 0.3) is 5.91 Å². The lowest BCUT2D eigenvalue weighted by molar-refractivity contribution is 0.102. The van der Waals surface area contributed by atoms with Crippen molar-refractivity contribution < 1.29 is 23.1 Å². The summed E-state index contributed by atoms with van der Waals surface area (Å²) in [5, 5.41) is 11.5. The van der Waals surface area contributed by atoms with Gasteiger partial charge < -0.3 is 10.4 Å². The molecule has 0 saturated heterocycles. The molecule has 0 aliphatic rings. The molecule has 0 unspecified atom stereocenters. The Labute approximate surface area is 112 Å². The summed E-state index contributed by atoms with van der Waals surface area (Å²) in [6.45, 7) is 1.59. The fraction of sp³-hybridized carbons (Fsp3) is 0.0714. The van der Waals surface area contributed by atoms with Gasteiger partial charge in [0.15, 0.2) is 11.6 Å². The van der Waals surface area contributed by atoms with Gasteiger partial charge in [0, 0.05) is 17.7 Å². The van der Waals surface area contributed by atoms with Gasteiger partial charge in [0.2, 0.25) is 0 Å². The van der Waals surface area contributed by atoms with Crippen LogP contribution in [0.25, 0.3) is 0 Å². The smallest absolute Gasteiger partial charge is 0.255 e. The van der Waals surface area contributed by atoms with Crippen LogP contribution in [0.4, 0.5) is 18.9 Å². The van der Waals surface area contributed by atoms with E-state index in [1.165, 1.54) is 18.2 Å². The van der Waals surface area contributed by atoms with Crippen molar-refractivity contribution in [2.45, 2.75) is 6.92 Å². The number of nitrogens with one attached hydrogen (secondary N) is 1. The Morgan fingerprint density at radius 3 is 2.35 bits per heavy atom. The summed E-state index contributed by atoms with van der Waals surface area (Å²) < 4.78 is 39.2. The molecule has 0 spiro atoms. The largest absolute Gasteiger partial charge is 0.508 e. The molecule has 2 rings (SSSR count). The van der Waals surface area contributed by atoms with Crippen LogP contribution in [0.5, 0.6) is 5.75 Å². The number of hydrogen-bond acceptors (Lipinski definition) is 2. The van der Waals surface area contributed by atoms with E-state index in [0.717, 1.165) is 0 Å². The Morgan fingerprint density at radius 2 is 1.70 bits per heavy atom. The first kappa shape index (κ1) is 13.9. The number of carbonyl (C=O) groups is 1. The van der Waals surface area contributed by atoms with E-state index in [4.69, 9.17) is 0 Å². The van der Waals surface area contributed by atoms with Crippen molar-refractivity contribution in [2.24, 2.45) is 0 Å². The Bertz CT molecular complexity index is 686. The number of aromatic hydroxyl groups is 1. The summed E-state index contributed by atoms with van der Waals surface area (Å²) in [5.74, 6) is -4.35. The number of carbonyl (C=O) groups excluding carboxylic acids is 1. The van der Waals surface area contributed by atoms with Crippen LogP contribution in [0.2, 0.25) is 0 Å². The van der Waals surface area contributed by atoms with Gasteiger partial charge in [-0.3, -0.25) is 4.79 Å². The van der Waals surface area contributed by atoms with Crippen LogP contribution in [0.15, 0.2) is 30.3 Å². The topological polar surface area (TPSA) is 49.3 Å². The average Bonchev–Trinajstić information content (AvgIpc) is 2.39. The van der Waals surface area contributed by atoms with Crippen molar-refractivity contribution in [1.82, 2.24) is 0 Å². The van der Waals surface area contributed by atoms with Gasteiger partial charge in [-0.15, -0.1) is 0 Å². The molecule has 0 aromatic heterocycles. The van der Waals surface area contributed by atoms with Crippen LogP contribution in [0.1, 0.15) is 15.9 Å². The van der Waals surface area contributed by atoms with Gasteiger partial charge in [-0.2, -0.15) is 0 Å². The van der Waals surface area contributed by atoms with Gasteiger partial charge in [0.1, 0.15) is 11.6 Å². The van der Waals surface area contributed by atoms with Crippen molar-refractivity contribution in [1.29, 1.82) is 0 Å². The summed E-state index contributed by atoms with van der Waals surface area (Å²) in [5.41, 5.74) is 0.160. The molecular formula is C14H10F3NO2. The fourth-order valence-corrected chi connectivity index (χ4v) is 1.61. The minimum absolute atomic E-state index is 0.0144. The highest BCUT2D eigenvalue weighted by atomic mass is 19.2. The van der Waals surface area contributed by atoms with E-state index in [2.05, 4.69) is 5.32 Å². The van der Waals surface area contributed by atoms with E-state index in [1.54, 1.807) is 6.92 Å². The Balaban J connectivity index is 2.27. The molecule has 20 heavy (non-hydrogen) atoms. The minimum Gasteiger partial charge on any atom is -0.508 e. The molecule has 0 aliphatic carbocycles. The zero-order valence-electron chi connectivity index (χ0n) is 10.4. The molecule has 0 fully saturated rings. The van der Waals surface area contributed by atoms with E-state index >= 15 is 0 Å². The van der Waals surface area contributed by atoms with Gasteiger partial charge in [-0.25, -0.2) is 13.2 Å². The molecule has 104 valence electrons. The molecule has 0 atom stereocenters. The van der Waals surface area contributed by atoms with Gasteiger partial charge >= 0.3 is 0 Å². The highest BCUT2D eigenvalue weighted by Crippen LogP contribution is 2.21. The lowest BCUT2D eigenvalue weighted by Gasteiger charge is -2.08. The highest BCUT2D eigenvalue weighted by molar-refractivity contribution is 6.04. The SMILES string of the molecule is Cc1cc(C(=O)Nc2cc(F)c(F)cc2F)ccc1O. The molecule has 0 saturated carbocycles. The van der Waals surface area contributed by atoms with E-state index < -0.39 is 29.0 Å². The summed E-state index contributed by atoms with van der Waals surface area (Å²) in [4.78, 5) is 11.9. The maximum atomic E-state index is 13.4. The number of phenols is 1. The minimum atomic E-state index is -1.33. The van der Waals surface area contributed by atoms with Crippen molar-refractivity contribution in [3.05, 3.63) is 58.9 Å². The molecule has 2 N–H and O–H groups in total. The molecule has 0 heterocycles. The lowest BCUT2D eigenvalue weighted by Crippen LogP contribution is -2.13. The predicted molar refractivity (Wildman–Crippen MR) is 67.1 cm³/mol. The number of halogens is 3. The zero-order valence-corrected chi connectivity index (χ0v) is 10.4. The summed E-state index contributed by atoms with van der Waals surface area (Å²) in [7, 11) is 0. The summed E-state index contributed by atoms with van der Waals surface area (Å²) >= 11 is 0. The molecule has 0 radical (unpaired) electrons. The van der Waals surface area contributed by atoms with E-state index in [1.807, 2.05) is 0 Å². The maximum Gasteiger partial charge on any atom is 0.255 e. The third kappa shape index (κ3) is 2.74. The van der Waals surface area contributed by atoms with E-state index in [0.29, 0.717) is 17.7 Å². The maximum absolute atomic E-state index is 13.4. The third-order valence-electron chi connectivity index (χ3n) is 2.72. The number of rotatable bonds is 2. The van der Waals surface area contributed by atoms with Crippen LogP contribution in [-0.2, 0) is 0 Å². The number of anilines is 1. The Hall–Kier alpha value is -2.50. The Morgan fingerprint density at radius 1 is 1.05 bits per heavy atom. The van der Waals surface area contributed by atoms with Crippen LogP contribution >= 0.6 is 0 Å². The number of benzene rings is 2. The second-order valence-corrected chi connectivity index (χ2v) is 4.20. The lowest BCUT2D eigenvalue weighted by atomic mass is 10.1. The highest BCUT2D eigenvalue weighted by Gasteiger charge is 2.14. The first-order valence-corrected chi connectivity index (χ1v) is 5.64. The Kier molecular flexibility index (Phi) is 3.65. The predicted octanol–water partition coefficient (Wildman–Crippen LogP) is 3.37. The molecular weight excluding hydrogens is 271 g/mol. The van der Waals surface area contributed by atoms with Crippen LogP contribution in [0, 0.1) is 24.4 Å². The van der Waals surface area contributed by atoms with Gasteiger partial charge in [-0.05, 0) is 30.7 Å². The molecule has 2 aromatic rings. The van der Waals surface area contributed by atoms with E-state index in [-0.39, 0.29) is 11.3 Å². The first-order valence-electron chi connectivity index (χ1n) is 5.64. The first-order chi connectivity index (χ1) is 9.38. The van der Waals surface area contributed by atoms with Crippen molar-refractivity contribution in [3.63, 3.8) is 0 Å². The number of hydrogen-bond donors (Lipinski definition) is 2. The van der Waals surface area contributed by atoms with Gasteiger partial charge in [0.05, 0.1) is 5.69 Å². The summed E-state index contributed by atoms with van der Waals surface area (Å²) in [6.07, 6.45) is 0. The average molecular weight is 281 g/mol. The molecule has 6 heteroatoms. The monoisotopic (exact) mass is 281 g/mol. The molecule has 2 aromatic carbocycles. The van der Waals surface area contributed by atoms with Crippen molar-refractivity contribution in [3.8, 4) is 5.75 Å². The number of phenolic OH excluding ortho intramolecular Hbond substituents is 1. The van der Waals surface area contributed by atoms with Gasteiger partial charge in [-0.1, -0.05) is 0 Å². The number of aryl methyl sites for hydroxylation is 1. The molecule has 0 bridgehead atoms. The standard InChI is InChI=1S/C14H10F3NO2/c1-7-4-8(2-3-13(7)19)14(20)18-12-6-10(16)9(15)5-11(12)17/h2-6,19H,1H3,(H,18,20). The quantitative estimate of drug-likeness (QED) is 0.829. The molecule has 1 amide bonds. The van der Waals surface area contributed by atoms with Crippen molar-refractivity contribution in [2.75, 3.05) is 5.32 Å². The summed E-state index contributed by atoms with van der Waals surface area (Å²) in [6, 6.07) is 4.95. The van der Waals surface area contributed by atoms with Crippen LogP contribution in [0.3, 0.4) is 0 Å². The number of amides is 1. The second kappa shape index (κ2) is 5.24. The molecule has 0 aliphatic heterocycles. The van der Waals surface area contributed by atoms with Crippen molar-refractivity contribution >= 4 is 11.6 Å². The fourth-order valence-electron chi connectivity index (χ4n) is 1.61. The third-order valence-corrected chi connectivity index (χ3v) is 2.72. The second-order valence-electron chi connectivity index (χ2n) is 4.20. The van der Waals surface area contributed by atoms with Crippen LogP contribution in [-0.4, -0.2) is 11.0 Å². The van der Waals surface area contributed by atoms with E-state index in [9.17, 15) is 23.1 Å².